The molecule has 3 heterocycles. The molecule has 0 saturated carbocycles. The smallest absolute Gasteiger partial charge is 0.290 e. The van der Waals surface area contributed by atoms with Crippen LogP contribution in [0.1, 0.15) is 23.5 Å². The van der Waals surface area contributed by atoms with E-state index in [0.717, 1.165) is 26.1 Å². The fourth-order valence-corrected chi connectivity index (χ4v) is 3.02. The second kappa shape index (κ2) is 4.14. The third kappa shape index (κ3) is 1.74. The molecule has 5 heteroatoms. The van der Waals surface area contributed by atoms with E-state index < -0.39 is 0 Å². The SMILES string of the molecule is Cn1ccnc1C(=O)N1CCCC2CNCC21. The molecule has 2 fully saturated rings. The molecule has 2 saturated heterocycles. The lowest BCUT2D eigenvalue weighted by atomic mass is 9.92. The van der Waals surface area contributed by atoms with Crippen molar-refractivity contribution in [3.8, 4) is 0 Å². The van der Waals surface area contributed by atoms with Crippen LogP contribution >= 0.6 is 0 Å². The summed E-state index contributed by atoms with van der Waals surface area (Å²) in [4.78, 5) is 18.6. The molecule has 2 unspecified atom stereocenters. The first-order valence-corrected chi connectivity index (χ1v) is 6.26. The Morgan fingerprint density at radius 1 is 1.53 bits per heavy atom. The molecule has 3 rings (SSSR count). The van der Waals surface area contributed by atoms with E-state index in [1.54, 1.807) is 10.8 Å². The molecule has 2 atom stereocenters. The molecule has 0 radical (unpaired) electrons. The molecule has 2 aliphatic rings. The van der Waals surface area contributed by atoms with Crippen molar-refractivity contribution in [2.45, 2.75) is 18.9 Å². The lowest BCUT2D eigenvalue weighted by molar-refractivity contribution is 0.0558. The number of nitrogens with one attached hydrogen (secondary N) is 1. The van der Waals surface area contributed by atoms with Gasteiger partial charge in [0.2, 0.25) is 0 Å². The van der Waals surface area contributed by atoms with Crippen molar-refractivity contribution in [1.29, 1.82) is 0 Å². The van der Waals surface area contributed by atoms with Crippen LogP contribution in [-0.2, 0) is 7.05 Å². The summed E-state index contributed by atoms with van der Waals surface area (Å²) >= 11 is 0. The first kappa shape index (κ1) is 10.8. The number of nitrogens with zero attached hydrogens (tertiary/aromatic N) is 3. The van der Waals surface area contributed by atoms with Crippen LogP contribution in [0.4, 0.5) is 0 Å². The molecular weight excluding hydrogens is 216 g/mol. The van der Waals surface area contributed by atoms with Crippen molar-refractivity contribution in [1.82, 2.24) is 19.8 Å². The Morgan fingerprint density at radius 3 is 3.18 bits per heavy atom. The van der Waals surface area contributed by atoms with Crippen molar-refractivity contribution in [2.75, 3.05) is 19.6 Å². The lowest BCUT2D eigenvalue weighted by Gasteiger charge is -2.36. The highest BCUT2D eigenvalue weighted by molar-refractivity contribution is 5.91. The minimum atomic E-state index is 0.0795. The summed E-state index contributed by atoms with van der Waals surface area (Å²) in [6, 6.07) is 0.368. The van der Waals surface area contributed by atoms with Gasteiger partial charge in [0.25, 0.3) is 5.91 Å². The third-order valence-corrected chi connectivity index (χ3v) is 3.95. The minimum Gasteiger partial charge on any atom is -0.331 e. The Bertz CT molecular complexity index is 428. The summed E-state index contributed by atoms with van der Waals surface area (Å²) < 4.78 is 1.80. The minimum absolute atomic E-state index is 0.0795. The maximum absolute atomic E-state index is 12.4. The molecule has 1 amide bonds. The standard InChI is InChI=1S/C12H18N4O/c1-15-6-4-14-11(15)12(17)16-5-2-3-9-7-13-8-10(9)16/h4,6,9-10,13H,2-3,5,7-8H2,1H3. The Morgan fingerprint density at radius 2 is 2.41 bits per heavy atom. The molecule has 0 bridgehead atoms. The molecule has 5 nitrogen and oxygen atoms in total. The van der Waals surface area contributed by atoms with E-state index in [1.807, 2.05) is 18.1 Å². The number of fused-ring (bicyclic) bond motifs is 1. The number of likely N-dealkylation sites (tertiary alicyclic amines) is 1. The highest BCUT2D eigenvalue weighted by Crippen LogP contribution is 2.27. The van der Waals surface area contributed by atoms with Gasteiger partial charge in [0.05, 0.1) is 0 Å². The van der Waals surface area contributed by atoms with Crippen LogP contribution in [0.5, 0.6) is 0 Å². The van der Waals surface area contributed by atoms with Gasteiger partial charge in [-0.1, -0.05) is 0 Å². The largest absolute Gasteiger partial charge is 0.331 e. The van der Waals surface area contributed by atoms with Crippen molar-refractivity contribution in [3.05, 3.63) is 18.2 Å². The van der Waals surface area contributed by atoms with Crippen LogP contribution in [-0.4, -0.2) is 46.0 Å². The number of carbonyl (C=O) groups excluding carboxylic acids is 1. The zero-order valence-electron chi connectivity index (χ0n) is 10.1. The Kier molecular flexibility index (Phi) is 2.63. The van der Waals surface area contributed by atoms with Crippen LogP contribution in [0.2, 0.25) is 0 Å². The molecule has 92 valence electrons. The van der Waals surface area contributed by atoms with Gasteiger partial charge in [-0.15, -0.1) is 0 Å². The molecule has 0 spiro atoms. The summed E-state index contributed by atoms with van der Waals surface area (Å²) in [6.07, 6.45) is 5.85. The van der Waals surface area contributed by atoms with E-state index in [2.05, 4.69) is 10.3 Å². The number of hydrogen-bond donors (Lipinski definition) is 1. The Labute approximate surface area is 101 Å². The number of amides is 1. The Hall–Kier alpha value is -1.36. The first-order valence-electron chi connectivity index (χ1n) is 6.26. The van der Waals surface area contributed by atoms with Crippen LogP contribution in [0.15, 0.2) is 12.4 Å². The maximum atomic E-state index is 12.4. The van der Waals surface area contributed by atoms with Gasteiger partial charge in [-0.2, -0.15) is 0 Å². The second-order valence-corrected chi connectivity index (χ2v) is 4.99. The van der Waals surface area contributed by atoms with E-state index in [-0.39, 0.29) is 5.91 Å². The van der Waals surface area contributed by atoms with Gasteiger partial charge in [-0.3, -0.25) is 4.79 Å². The molecule has 1 aromatic rings. The number of carbonyl (C=O) groups is 1. The maximum Gasteiger partial charge on any atom is 0.290 e. The number of aromatic nitrogens is 2. The number of imidazole rings is 1. The summed E-state index contributed by atoms with van der Waals surface area (Å²) in [7, 11) is 1.87. The topological polar surface area (TPSA) is 50.2 Å². The van der Waals surface area contributed by atoms with Gasteiger partial charge in [0.1, 0.15) is 0 Å². The summed E-state index contributed by atoms with van der Waals surface area (Å²) in [5, 5.41) is 3.39. The fraction of sp³-hybridized carbons (Fsp3) is 0.667. The quantitative estimate of drug-likeness (QED) is 0.757. The second-order valence-electron chi connectivity index (χ2n) is 4.99. The number of hydrogen-bond acceptors (Lipinski definition) is 3. The van der Waals surface area contributed by atoms with E-state index >= 15 is 0 Å². The normalized spacial score (nSPS) is 28.2. The molecule has 0 aromatic carbocycles. The van der Waals surface area contributed by atoms with Crippen molar-refractivity contribution in [2.24, 2.45) is 13.0 Å². The third-order valence-electron chi connectivity index (χ3n) is 3.95. The first-order chi connectivity index (χ1) is 8.27. The Balaban J connectivity index is 1.83. The van der Waals surface area contributed by atoms with Crippen LogP contribution < -0.4 is 5.32 Å². The summed E-state index contributed by atoms with van der Waals surface area (Å²) in [6.45, 7) is 2.85. The molecule has 0 aliphatic carbocycles. The molecule has 17 heavy (non-hydrogen) atoms. The molecule has 2 aliphatic heterocycles. The zero-order valence-corrected chi connectivity index (χ0v) is 10.1. The van der Waals surface area contributed by atoms with Gasteiger partial charge in [-0.25, -0.2) is 4.98 Å². The van der Waals surface area contributed by atoms with Gasteiger partial charge in [-0.05, 0) is 18.8 Å². The van der Waals surface area contributed by atoms with Crippen molar-refractivity contribution in [3.63, 3.8) is 0 Å². The van der Waals surface area contributed by atoms with Gasteiger partial charge in [0, 0.05) is 45.1 Å². The number of piperidine rings is 1. The summed E-state index contributed by atoms with van der Waals surface area (Å²) in [5.41, 5.74) is 0. The van der Waals surface area contributed by atoms with E-state index in [0.29, 0.717) is 17.8 Å². The summed E-state index contributed by atoms with van der Waals surface area (Å²) in [5.74, 6) is 1.27. The predicted molar refractivity (Wildman–Crippen MR) is 63.6 cm³/mol. The van der Waals surface area contributed by atoms with Gasteiger partial charge < -0.3 is 14.8 Å². The van der Waals surface area contributed by atoms with Crippen molar-refractivity contribution >= 4 is 5.91 Å². The fourth-order valence-electron chi connectivity index (χ4n) is 3.02. The zero-order chi connectivity index (χ0) is 11.8. The van der Waals surface area contributed by atoms with Crippen LogP contribution in [0.25, 0.3) is 0 Å². The van der Waals surface area contributed by atoms with E-state index in [9.17, 15) is 4.79 Å². The predicted octanol–water partition coefficient (Wildman–Crippen LogP) is 0.244. The van der Waals surface area contributed by atoms with Crippen LogP contribution in [0.3, 0.4) is 0 Å². The molecular formula is C12H18N4O. The number of rotatable bonds is 1. The van der Waals surface area contributed by atoms with E-state index in [4.69, 9.17) is 0 Å². The molecule has 1 aromatic heterocycles. The number of aryl methyl sites for hydroxylation is 1. The lowest BCUT2D eigenvalue weighted by Crippen LogP contribution is -2.48. The average Bonchev–Trinajstić information content (AvgIpc) is 2.95. The van der Waals surface area contributed by atoms with Crippen LogP contribution in [0, 0.1) is 5.92 Å². The highest BCUT2D eigenvalue weighted by Gasteiger charge is 2.38. The average molecular weight is 234 g/mol. The highest BCUT2D eigenvalue weighted by atomic mass is 16.2. The van der Waals surface area contributed by atoms with Gasteiger partial charge >= 0.3 is 0 Å². The molecule has 1 N–H and O–H groups in total. The van der Waals surface area contributed by atoms with Gasteiger partial charge in [0.15, 0.2) is 5.82 Å². The van der Waals surface area contributed by atoms with E-state index in [1.165, 1.54) is 6.42 Å². The van der Waals surface area contributed by atoms with Crippen molar-refractivity contribution < 1.29 is 4.79 Å². The monoisotopic (exact) mass is 234 g/mol.